The number of aryl methyl sites for hydroxylation is 1. The van der Waals surface area contributed by atoms with Crippen LogP contribution in [0.3, 0.4) is 0 Å². The molecule has 1 aromatic carbocycles. The fraction of sp³-hybridized carbons (Fsp3) is 0.200. The predicted octanol–water partition coefficient (Wildman–Crippen LogP) is 3.79. The van der Waals surface area contributed by atoms with E-state index in [1.165, 1.54) is 22.2 Å². The molecule has 0 amide bonds. The lowest BCUT2D eigenvalue weighted by atomic mass is 10.2. The number of halogens is 1. The van der Waals surface area contributed by atoms with Crippen molar-refractivity contribution >= 4 is 44.2 Å². The molecule has 0 spiro atoms. The van der Waals surface area contributed by atoms with E-state index in [4.69, 9.17) is 0 Å². The second kappa shape index (κ2) is 7.52. The van der Waals surface area contributed by atoms with E-state index in [9.17, 15) is 9.59 Å². The molecule has 0 unspecified atom stereocenters. The van der Waals surface area contributed by atoms with Crippen molar-refractivity contribution in [3.05, 3.63) is 79.0 Å². The molecule has 0 bridgehead atoms. The maximum absolute atomic E-state index is 12.8. The number of aromatic nitrogens is 4. The molecule has 3 heterocycles. The Kier molecular flexibility index (Phi) is 5.07. The van der Waals surface area contributed by atoms with Crippen LogP contribution in [-0.4, -0.2) is 18.9 Å². The summed E-state index contributed by atoms with van der Waals surface area (Å²) in [5, 5.41) is 1.20. The summed E-state index contributed by atoms with van der Waals surface area (Å²) in [6, 6.07) is 10.8. The second-order valence-corrected chi connectivity index (χ2v) is 8.22. The van der Waals surface area contributed by atoms with Crippen molar-refractivity contribution in [2.45, 2.75) is 31.3 Å². The lowest BCUT2D eigenvalue weighted by molar-refractivity contribution is 0.634. The van der Waals surface area contributed by atoms with Crippen LogP contribution in [0.5, 0.6) is 0 Å². The molecular formula is C20H17BrN4O2S. The van der Waals surface area contributed by atoms with Crippen LogP contribution in [0.1, 0.15) is 18.2 Å². The minimum atomic E-state index is -0.117. The van der Waals surface area contributed by atoms with Crippen LogP contribution in [0.4, 0.5) is 0 Å². The van der Waals surface area contributed by atoms with Gasteiger partial charge in [0.05, 0.1) is 16.6 Å². The summed E-state index contributed by atoms with van der Waals surface area (Å²) in [6.07, 6.45) is 1.71. The van der Waals surface area contributed by atoms with Crippen LogP contribution >= 0.6 is 27.7 Å². The Bertz CT molecular complexity index is 1330. The van der Waals surface area contributed by atoms with Crippen LogP contribution in [0.2, 0.25) is 0 Å². The molecule has 0 saturated heterocycles. The Hall–Kier alpha value is -2.45. The zero-order chi connectivity index (χ0) is 19.8. The van der Waals surface area contributed by atoms with Crippen molar-refractivity contribution in [3.8, 4) is 0 Å². The molecule has 6 nitrogen and oxygen atoms in total. The quantitative estimate of drug-likeness (QED) is 0.345. The first-order valence-electron chi connectivity index (χ1n) is 8.78. The molecule has 0 atom stereocenters. The van der Waals surface area contributed by atoms with Gasteiger partial charge in [0.25, 0.3) is 11.1 Å². The number of fused-ring (bicyclic) bond motifs is 2. The lowest BCUT2D eigenvalue weighted by Crippen LogP contribution is -2.22. The first kappa shape index (κ1) is 18.9. The van der Waals surface area contributed by atoms with E-state index in [2.05, 4.69) is 25.9 Å². The van der Waals surface area contributed by atoms with Crippen molar-refractivity contribution in [1.29, 1.82) is 0 Å². The zero-order valence-electron chi connectivity index (χ0n) is 15.3. The van der Waals surface area contributed by atoms with Gasteiger partial charge in [-0.25, -0.2) is 9.97 Å². The normalized spacial score (nSPS) is 11.4. The number of pyridine rings is 1. The molecule has 4 aromatic rings. The standard InChI is InChI=1S/C20H17BrN4O2S/c1-3-24-19(27)15-9-13(21)6-7-16(15)23-20(24)28-11-14-10-17(26)25-8-4-5-12(2)18(25)22-14/h4-10H,3,11H2,1-2H3. The SMILES string of the molecule is CCn1c(SCc2cc(=O)n3cccc(C)c3n2)nc2ccc(Br)cc2c1=O. The minimum absolute atomic E-state index is 0.0707. The fourth-order valence-electron chi connectivity index (χ4n) is 3.08. The predicted molar refractivity (Wildman–Crippen MR) is 115 cm³/mol. The first-order chi connectivity index (χ1) is 13.5. The average Bonchev–Trinajstić information content (AvgIpc) is 2.68. The molecule has 0 N–H and O–H groups in total. The highest BCUT2D eigenvalue weighted by molar-refractivity contribution is 9.10. The summed E-state index contributed by atoms with van der Waals surface area (Å²) in [4.78, 5) is 34.5. The van der Waals surface area contributed by atoms with Crippen LogP contribution in [-0.2, 0) is 12.3 Å². The number of benzene rings is 1. The van der Waals surface area contributed by atoms with E-state index in [-0.39, 0.29) is 11.1 Å². The van der Waals surface area contributed by atoms with Gasteiger partial charge >= 0.3 is 0 Å². The van der Waals surface area contributed by atoms with Gasteiger partial charge < -0.3 is 0 Å². The molecule has 0 fully saturated rings. The number of nitrogens with zero attached hydrogens (tertiary/aromatic N) is 4. The molecule has 0 radical (unpaired) electrons. The Morgan fingerprint density at radius 3 is 2.75 bits per heavy atom. The van der Waals surface area contributed by atoms with E-state index < -0.39 is 0 Å². The van der Waals surface area contributed by atoms with E-state index in [1.54, 1.807) is 16.8 Å². The van der Waals surface area contributed by atoms with Gasteiger partial charge in [0.1, 0.15) is 5.65 Å². The Labute approximate surface area is 173 Å². The number of rotatable bonds is 4. The monoisotopic (exact) mass is 456 g/mol. The summed E-state index contributed by atoms with van der Waals surface area (Å²) in [7, 11) is 0. The van der Waals surface area contributed by atoms with Gasteiger partial charge in [0.15, 0.2) is 5.16 Å². The van der Waals surface area contributed by atoms with E-state index >= 15 is 0 Å². The first-order valence-corrected chi connectivity index (χ1v) is 10.6. The van der Waals surface area contributed by atoms with Gasteiger partial charge in [0.2, 0.25) is 0 Å². The van der Waals surface area contributed by atoms with E-state index in [1.807, 2.05) is 38.1 Å². The molecule has 4 rings (SSSR count). The third-order valence-corrected chi connectivity index (χ3v) is 5.99. The molecule has 8 heteroatoms. The summed E-state index contributed by atoms with van der Waals surface area (Å²) < 4.78 is 4.04. The van der Waals surface area contributed by atoms with Crippen molar-refractivity contribution in [3.63, 3.8) is 0 Å². The summed E-state index contributed by atoms with van der Waals surface area (Å²) in [6.45, 7) is 4.36. The highest BCUT2D eigenvalue weighted by atomic mass is 79.9. The maximum atomic E-state index is 12.8. The molecule has 28 heavy (non-hydrogen) atoms. The zero-order valence-corrected chi connectivity index (χ0v) is 17.7. The van der Waals surface area contributed by atoms with Crippen molar-refractivity contribution in [2.75, 3.05) is 0 Å². The van der Waals surface area contributed by atoms with Crippen molar-refractivity contribution in [1.82, 2.24) is 18.9 Å². The van der Waals surface area contributed by atoms with Gasteiger partial charge in [-0.2, -0.15) is 0 Å². The molecule has 0 aliphatic rings. The summed E-state index contributed by atoms with van der Waals surface area (Å²) in [5.74, 6) is 0.453. The number of hydrogen-bond donors (Lipinski definition) is 0. The number of thioether (sulfide) groups is 1. The van der Waals surface area contributed by atoms with Gasteiger partial charge in [-0.1, -0.05) is 33.8 Å². The molecule has 3 aromatic heterocycles. The Balaban J connectivity index is 1.74. The smallest absolute Gasteiger partial charge is 0.262 e. The maximum Gasteiger partial charge on any atom is 0.262 e. The molecular weight excluding hydrogens is 440 g/mol. The van der Waals surface area contributed by atoms with Crippen molar-refractivity contribution < 1.29 is 0 Å². The molecule has 0 saturated carbocycles. The van der Waals surface area contributed by atoms with Crippen molar-refractivity contribution in [2.24, 2.45) is 0 Å². The minimum Gasteiger partial charge on any atom is -0.287 e. The third-order valence-electron chi connectivity index (χ3n) is 4.49. The van der Waals surface area contributed by atoms with Crippen LogP contribution in [0, 0.1) is 6.92 Å². The van der Waals surface area contributed by atoms with Gasteiger partial charge in [-0.15, -0.1) is 0 Å². The van der Waals surface area contributed by atoms with E-state index in [0.717, 1.165) is 10.0 Å². The van der Waals surface area contributed by atoms with Crippen LogP contribution in [0.25, 0.3) is 16.6 Å². The highest BCUT2D eigenvalue weighted by Crippen LogP contribution is 2.23. The van der Waals surface area contributed by atoms with Gasteiger partial charge in [-0.05, 0) is 43.7 Å². The lowest BCUT2D eigenvalue weighted by Gasteiger charge is -2.11. The average molecular weight is 457 g/mol. The van der Waals surface area contributed by atoms with Crippen LogP contribution in [0.15, 0.2) is 61.8 Å². The van der Waals surface area contributed by atoms with Gasteiger partial charge in [0, 0.05) is 29.0 Å². The van der Waals surface area contributed by atoms with Crippen LogP contribution < -0.4 is 11.1 Å². The second-order valence-electron chi connectivity index (χ2n) is 6.36. The molecule has 142 valence electrons. The Morgan fingerprint density at radius 1 is 1.14 bits per heavy atom. The topological polar surface area (TPSA) is 69.3 Å². The largest absolute Gasteiger partial charge is 0.287 e. The van der Waals surface area contributed by atoms with Gasteiger partial charge in [-0.3, -0.25) is 18.6 Å². The number of hydrogen-bond acceptors (Lipinski definition) is 5. The Morgan fingerprint density at radius 2 is 1.96 bits per heavy atom. The highest BCUT2D eigenvalue weighted by Gasteiger charge is 2.12. The summed E-state index contributed by atoms with van der Waals surface area (Å²) in [5.41, 5.74) is 2.72. The summed E-state index contributed by atoms with van der Waals surface area (Å²) >= 11 is 4.81. The third kappa shape index (κ3) is 3.38. The molecule has 0 aliphatic carbocycles. The fourth-order valence-corrected chi connectivity index (χ4v) is 4.40. The van der Waals surface area contributed by atoms with E-state index in [0.29, 0.717) is 39.7 Å². The molecule has 0 aliphatic heterocycles.